The Bertz CT molecular complexity index is 330. The molecule has 0 bridgehead atoms. The van der Waals surface area contributed by atoms with Crippen molar-refractivity contribution >= 4 is 27.9 Å². The highest BCUT2D eigenvalue weighted by Gasteiger charge is 2.07. The summed E-state index contributed by atoms with van der Waals surface area (Å²) in [6.45, 7) is 0. The van der Waals surface area contributed by atoms with E-state index in [9.17, 15) is 0 Å². The quantitative estimate of drug-likeness (QED) is 0.599. The molecule has 1 aliphatic heterocycles. The highest BCUT2D eigenvalue weighted by atomic mass is 32.2. The molecule has 0 aliphatic carbocycles. The summed E-state index contributed by atoms with van der Waals surface area (Å²) >= 11 is 0. The van der Waals surface area contributed by atoms with Crippen LogP contribution in [0.25, 0.3) is 0 Å². The van der Waals surface area contributed by atoms with Gasteiger partial charge in [-0.05, 0) is 18.4 Å². The predicted octanol–water partition coefficient (Wildman–Crippen LogP) is 1.99. The smallest absolute Gasteiger partial charge is 0.0717 e. The van der Waals surface area contributed by atoms with Crippen LogP contribution in [0.3, 0.4) is 0 Å². The number of para-hydroxylation sites is 1. The van der Waals surface area contributed by atoms with Crippen molar-refractivity contribution in [3.63, 3.8) is 0 Å². The third-order valence-electron chi connectivity index (χ3n) is 1.62. The predicted molar refractivity (Wildman–Crippen MR) is 55.9 cm³/mol. The van der Waals surface area contributed by atoms with Gasteiger partial charge in [-0.1, -0.05) is 28.9 Å². The Balaban J connectivity index is 2.33. The second-order valence-corrected chi connectivity index (χ2v) is 3.99. The van der Waals surface area contributed by atoms with Crippen molar-refractivity contribution < 1.29 is 0 Å². The van der Waals surface area contributed by atoms with Gasteiger partial charge in [0.25, 0.3) is 0 Å². The fraction of sp³-hybridized carbons (Fsp3) is 0.111. The number of hydrogen-bond donors (Lipinski definition) is 0. The molecule has 0 aromatic heterocycles. The van der Waals surface area contributed by atoms with E-state index >= 15 is 0 Å². The minimum Gasteiger partial charge on any atom is -0.213 e. The molecular formula is C9H9N2S. The molecule has 1 unspecified atom stereocenters. The van der Waals surface area contributed by atoms with E-state index in [1.54, 1.807) is 6.21 Å². The van der Waals surface area contributed by atoms with Crippen LogP contribution in [0.2, 0.25) is 0 Å². The lowest BCUT2D eigenvalue weighted by Crippen LogP contribution is -2.03. The number of nitrogens with zero attached hydrogens (tertiary/aromatic N) is 2. The lowest BCUT2D eigenvalue weighted by molar-refractivity contribution is 1.22. The van der Waals surface area contributed by atoms with Gasteiger partial charge in [0.05, 0.1) is 17.3 Å². The van der Waals surface area contributed by atoms with E-state index in [1.165, 1.54) is 0 Å². The van der Waals surface area contributed by atoms with Crippen LogP contribution in [0, 0.1) is 0 Å². The lowest BCUT2D eigenvalue weighted by Gasteiger charge is -2.15. The average molecular weight is 177 g/mol. The number of hydrogen-bond acceptors (Lipinski definition) is 2. The first-order valence-corrected chi connectivity index (χ1v) is 5.27. The first kappa shape index (κ1) is 7.55. The molecule has 1 radical (unpaired) electrons. The Morgan fingerprint density at radius 2 is 2.08 bits per heavy atom. The molecule has 1 aromatic carbocycles. The van der Waals surface area contributed by atoms with Crippen molar-refractivity contribution in [2.24, 2.45) is 5.10 Å². The molecule has 61 valence electrons. The number of benzene rings is 1. The monoisotopic (exact) mass is 177 g/mol. The molecule has 2 rings (SSSR count). The highest BCUT2D eigenvalue weighted by Crippen LogP contribution is 2.26. The highest BCUT2D eigenvalue weighted by molar-refractivity contribution is 8.16. The minimum absolute atomic E-state index is 0.000494. The standard InChI is InChI=1S/C9H9N2S/c1-12-8-7-10-11(12)9-5-3-2-4-6-9/h2-7H,1H3. The summed E-state index contributed by atoms with van der Waals surface area (Å²) in [6.07, 6.45) is 3.83. The Kier molecular flexibility index (Phi) is 1.96. The third kappa shape index (κ3) is 1.28. The molecule has 0 saturated carbocycles. The van der Waals surface area contributed by atoms with Gasteiger partial charge >= 0.3 is 0 Å². The molecule has 0 saturated heterocycles. The molecule has 2 nitrogen and oxygen atoms in total. The van der Waals surface area contributed by atoms with E-state index in [0.29, 0.717) is 0 Å². The van der Waals surface area contributed by atoms with Gasteiger partial charge in [-0.2, -0.15) is 5.10 Å². The van der Waals surface area contributed by atoms with Gasteiger partial charge < -0.3 is 0 Å². The van der Waals surface area contributed by atoms with Crippen LogP contribution in [-0.4, -0.2) is 17.8 Å². The SMILES string of the molecule is CS1=[C]C=NN1c1ccccc1. The zero-order valence-electron chi connectivity index (χ0n) is 6.77. The molecule has 0 N–H and O–H groups in total. The molecule has 1 aliphatic rings. The van der Waals surface area contributed by atoms with E-state index in [-0.39, 0.29) is 10.7 Å². The number of hydrazone groups is 1. The van der Waals surface area contributed by atoms with Gasteiger partial charge in [0.15, 0.2) is 0 Å². The van der Waals surface area contributed by atoms with Crippen molar-refractivity contribution in [2.75, 3.05) is 10.7 Å². The third-order valence-corrected chi connectivity index (χ3v) is 2.89. The molecule has 1 heterocycles. The second kappa shape index (κ2) is 3.11. The normalized spacial score (nSPS) is 21.1. The van der Waals surface area contributed by atoms with E-state index in [4.69, 9.17) is 0 Å². The summed E-state index contributed by atoms with van der Waals surface area (Å²) < 4.78 is 1.97. The summed E-state index contributed by atoms with van der Waals surface area (Å²) in [7, 11) is -0.000494. The topological polar surface area (TPSA) is 15.6 Å². The van der Waals surface area contributed by atoms with Crippen LogP contribution in [-0.2, 0) is 0 Å². The van der Waals surface area contributed by atoms with Gasteiger partial charge in [-0.25, -0.2) is 4.41 Å². The minimum atomic E-state index is -0.000494. The Morgan fingerprint density at radius 3 is 2.67 bits per heavy atom. The summed E-state index contributed by atoms with van der Waals surface area (Å²) in [5.74, 6) is 0. The van der Waals surface area contributed by atoms with E-state index in [0.717, 1.165) is 5.69 Å². The molecule has 12 heavy (non-hydrogen) atoms. The maximum atomic E-state index is 4.20. The molecule has 3 heteroatoms. The molecule has 1 atom stereocenters. The van der Waals surface area contributed by atoms with E-state index < -0.39 is 0 Å². The molecule has 0 fully saturated rings. The summed E-state index contributed by atoms with van der Waals surface area (Å²) in [5.41, 5.74) is 1.13. The van der Waals surface area contributed by atoms with Crippen LogP contribution >= 0.6 is 10.7 Å². The van der Waals surface area contributed by atoms with Gasteiger partial charge in [0.2, 0.25) is 0 Å². The second-order valence-electron chi connectivity index (χ2n) is 2.45. The van der Waals surface area contributed by atoms with Gasteiger partial charge in [0.1, 0.15) is 0 Å². The Hall–Kier alpha value is -1.09. The maximum absolute atomic E-state index is 4.20. The van der Waals surface area contributed by atoms with Crippen LogP contribution < -0.4 is 4.41 Å². The first-order chi connectivity index (χ1) is 5.88. The summed E-state index contributed by atoms with van der Waals surface area (Å²) in [6, 6.07) is 10.1. The van der Waals surface area contributed by atoms with Crippen LogP contribution in [0.4, 0.5) is 5.69 Å². The number of rotatable bonds is 1. The Labute approximate surface area is 74.6 Å². The number of anilines is 1. The lowest BCUT2D eigenvalue weighted by atomic mass is 10.3. The zero-order valence-corrected chi connectivity index (χ0v) is 7.58. The fourth-order valence-electron chi connectivity index (χ4n) is 1.05. The largest absolute Gasteiger partial charge is 0.213 e. The van der Waals surface area contributed by atoms with Crippen LogP contribution in [0.1, 0.15) is 0 Å². The van der Waals surface area contributed by atoms with Crippen LogP contribution in [0.15, 0.2) is 35.4 Å². The van der Waals surface area contributed by atoms with Gasteiger partial charge in [-0.3, -0.25) is 0 Å². The van der Waals surface area contributed by atoms with Crippen LogP contribution in [0.5, 0.6) is 0 Å². The van der Waals surface area contributed by atoms with Crippen molar-refractivity contribution in [1.29, 1.82) is 0 Å². The van der Waals surface area contributed by atoms with Gasteiger partial charge in [-0.15, -0.1) is 0 Å². The van der Waals surface area contributed by atoms with Crippen molar-refractivity contribution in [2.45, 2.75) is 0 Å². The maximum Gasteiger partial charge on any atom is 0.0717 e. The molecular weight excluding hydrogens is 168 g/mol. The average Bonchev–Trinajstić information content (AvgIpc) is 2.53. The summed E-state index contributed by atoms with van der Waals surface area (Å²) in [5, 5.41) is 7.33. The molecule has 0 spiro atoms. The van der Waals surface area contributed by atoms with Gasteiger partial charge in [0, 0.05) is 0 Å². The van der Waals surface area contributed by atoms with Crippen molar-refractivity contribution in [3.05, 3.63) is 30.3 Å². The fourth-order valence-corrected chi connectivity index (χ4v) is 1.98. The van der Waals surface area contributed by atoms with E-state index in [1.807, 2.05) is 34.7 Å². The first-order valence-electron chi connectivity index (χ1n) is 3.68. The molecule has 0 amide bonds. The Morgan fingerprint density at radius 1 is 1.33 bits per heavy atom. The zero-order chi connectivity index (χ0) is 8.39. The van der Waals surface area contributed by atoms with Crippen molar-refractivity contribution in [1.82, 2.24) is 0 Å². The molecule has 1 aromatic rings. The summed E-state index contributed by atoms with van der Waals surface area (Å²) in [4.78, 5) is 0. The van der Waals surface area contributed by atoms with Crippen molar-refractivity contribution in [3.8, 4) is 0 Å². The van der Waals surface area contributed by atoms with E-state index in [2.05, 4.69) is 16.7 Å².